The Balaban J connectivity index is 1.89. The first-order chi connectivity index (χ1) is 11.4. The Morgan fingerprint density at radius 2 is 1.96 bits per heavy atom. The van der Waals surface area contributed by atoms with Crippen LogP contribution in [-0.4, -0.2) is 39.3 Å². The second-order valence-corrected chi connectivity index (χ2v) is 7.78. The van der Waals surface area contributed by atoms with Crippen molar-refractivity contribution >= 4 is 26.8 Å². The molecule has 24 heavy (non-hydrogen) atoms. The highest BCUT2D eigenvalue weighted by atomic mass is 32.2. The van der Waals surface area contributed by atoms with Crippen molar-refractivity contribution in [3.63, 3.8) is 0 Å². The van der Waals surface area contributed by atoms with Gasteiger partial charge in [-0.15, -0.1) is 0 Å². The van der Waals surface area contributed by atoms with Crippen molar-refractivity contribution in [2.75, 3.05) is 19.8 Å². The summed E-state index contributed by atoms with van der Waals surface area (Å²) in [5.74, 6) is -1.04. The lowest BCUT2D eigenvalue weighted by atomic mass is 9.83. The number of rotatable bonds is 5. The molecule has 1 aliphatic heterocycles. The number of ether oxygens (including phenoxy) is 1. The van der Waals surface area contributed by atoms with Gasteiger partial charge in [-0.3, -0.25) is 4.79 Å². The van der Waals surface area contributed by atoms with Crippen LogP contribution in [0.4, 0.5) is 0 Å². The number of carboxylic acids is 1. The van der Waals surface area contributed by atoms with Gasteiger partial charge < -0.3 is 9.84 Å². The average molecular weight is 349 g/mol. The minimum atomic E-state index is -3.83. The Morgan fingerprint density at radius 1 is 1.21 bits per heavy atom. The molecule has 0 radical (unpaired) electrons. The first-order valence-corrected chi connectivity index (χ1v) is 9.22. The Bertz CT molecular complexity index is 851. The maximum absolute atomic E-state index is 12.7. The predicted octanol–water partition coefficient (Wildman–Crippen LogP) is 2.00. The van der Waals surface area contributed by atoms with Crippen molar-refractivity contribution in [1.29, 1.82) is 0 Å². The lowest BCUT2D eigenvalue weighted by Gasteiger charge is -2.32. The summed E-state index contributed by atoms with van der Waals surface area (Å²) in [7, 11) is -3.83. The minimum Gasteiger partial charge on any atom is -0.481 e. The molecule has 1 fully saturated rings. The second kappa shape index (κ2) is 6.51. The summed E-state index contributed by atoms with van der Waals surface area (Å²) in [5, 5.41) is 10.9. The number of hydrogen-bond acceptors (Lipinski definition) is 4. The van der Waals surface area contributed by atoms with Crippen LogP contribution in [0.2, 0.25) is 0 Å². The van der Waals surface area contributed by atoms with Crippen molar-refractivity contribution in [3.8, 4) is 0 Å². The fourth-order valence-electron chi connectivity index (χ4n) is 2.98. The summed E-state index contributed by atoms with van der Waals surface area (Å²) < 4.78 is 33.2. The minimum absolute atomic E-state index is 0.0143. The van der Waals surface area contributed by atoms with E-state index in [1.807, 2.05) is 18.2 Å². The van der Waals surface area contributed by atoms with E-state index in [-0.39, 0.29) is 18.0 Å². The highest BCUT2D eigenvalue weighted by Crippen LogP contribution is 2.29. The van der Waals surface area contributed by atoms with E-state index in [0.29, 0.717) is 24.8 Å². The highest BCUT2D eigenvalue weighted by molar-refractivity contribution is 7.89. The Morgan fingerprint density at radius 3 is 2.67 bits per heavy atom. The van der Waals surface area contributed by atoms with Gasteiger partial charge in [0, 0.05) is 18.5 Å². The molecule has 0 aliphatic carbocycles. The van der Waals surface area contributed by atoms with Crippen LogP contribution in [0.1, 0.15) is 12.8 Å². The molecule has 1 aliphatic rings. The zero-order chi connectivity index (χ0) is 17.2. The molecule has 0 amide bonds. The molecular formula is C17H19NO5S. The number of fused-ring (bicyclic) bond motifs is 1. The number of sulfonamides is 1. The van der Waals surface area contributed by atoms with Crippen LogP contribution in [0.25, 0.3) is 10.8 Å². The molecule has 2 aromatic carbocycles. The van der Waals surface area contributed by atoms with Gasteiger partial charge in [-0.2, -0.15) is 0 Å². The summed E-state index contributed by atoms with van der Waals surface area (Å²) >= 11 is 0. The molecule has 1 heterocycles. The fourth-order valence-corrected chi connectivity index (χ4v) is 4.33. The Kier molecular flexibility index (Phi) is 4.58. The zero-order valence-electron chi connectivity index (χ0n) is 13.1. The topological polar surface area (TPSA) is 92.7 Å². The summed E-state index contributed by atoms with van der Waals surface area (Å²) in [6.07, 6.45) is 0.989. The van der Waals surface area contributed by atoms with Gasteiger partial charge in [0.15, 0.2) is 0 Å². The molecule has 0 bridgehead atoms. The number of hydrogen-bond donors (Lipinski definition) is 2. The second-order valence-electron chi connectivity index (χ2n) is 6.04. The molecule has 0 aromatic heterocycles. The number of carboxylic acid groups (broad SMARTS) is 1. The third-order valence-corrected chi connectivity index (χ3v) is 5.88. The van der Waals surface area contributed by atoms with Crippen molar-refractivity contribution in [1.82, 2.24) is 4.72 Å². The molecule has 128 valence electrons. The lowest BCUT2D eigenvalue weighted by Crippen LogP contribution is -2.48. The SMILES string of the molecule is O=C(O)C1(CNS(=O)(=O)c2cccc3ccccc23)CCCOC1. The van der Waals surface area contributed by atoms with Crippen LogP contribution in [0.3, 0.4) is 0 Å². The predicted molar refractivity (Wildman–Crippen MR) is 89.3 cm³/mol. The number of nitrogens with one attached hydrogen (secondary N) is 1. The van der Waals surface area contributed by atoms with Crippen molar-refractivity contribution in [2.45, 2.75) is 17.7 Å². The van der Waals surface area contributed by atoms with Gasteiger partial charge in [0.25, 0.3) is 0 Å². The molecule has 0 spiro atoms. The maximum atomic E-state index is 12.7. The van der Waals surface area contributed by atoms with Gasteiger partial charge in [-0.25, -0.2) is 13.1 Å². The van der Waals surface area contributed by atoms with Gasteiger partial charge in [0.05, 0.1) is 11.5 Å². The van der Waals surface area contributed by atoms with E-state index in [9.17, 15) is 18.3 Å². The van der Waals surface area contributed by atoms with Gasteiger partial charge in [0.1, 0.15) is 5.41 Å². The summed E-state index contributed by atoms with van der Waals surface area (Å²) in [5.41, 5.74) is -1.21. The largest absolute Gasteiger partial charge is 0.481 e. The highest BCUT2D eigenvalue weighted by Gasteiger charge is 2.41. The standard InChI is InChI=1S/C17H19NO5S/c19-16(20)17(9-4-10-23-12-17)11-18-24(21,22)15-8-3-6-13-5-1-2-7-14(13)15/h1-3,5-8,18H,4,9-12H2,(H,19,20). The van der Waals surface area contributed by atoms with Crippen LogP contribution in [-0.2, 0) is 19.6 Å². The average Bonchev–Trinajstić information content (AvgIpc) is 2.60. The van der Waals surface area contributed by atoms with Crippen LogP contribution >= 0.6 is 0 Å². The van der Waals surface area contributed by atoms with E-state index in [2.05, 4.69) is 4.72 Å². The smallest absolute Gasteiger partial charge is 0.313 e. The lowest BCUT2D eigenvalue weighted by molar-refractivity contribution is -0.156. The molecule has 1 saturated heterocycles. The molecule has 2 aromatic rings. The Hall–Kier alpha value is -1.96. The number of benzene rings is 2. The Labute approximate surface area is 140 Å². The zero-order valence-corrected chi connectivity index (χ0v) is 13.9. The summed E-state index contributed by atoms with van der Waals surface area (Å²) in [4.78, 5) is 11.8. The van der Waals surface area contributed by atoms with Gasteiger partial charge >= 0.3 is 5.97 Å². The van der Waals surface area contributed by atoms with Crippen molar-refractivity contribution in [3.05, 3.63) is 42.5 Å². The molecule has 7 heteroatoms. The summed E-state index contributed by atoms with van der Waals surface area (Å²) in [6, 6.07) is 12.2. The normalized spacial score (nSPS) is 21.7. The van der Waals surface area contributed by atoms with Gasteiger partial charge in [-0.1, -0.05) is 36.4 Å². The summed E-state index contributed by atoms with van der Waals surface area (Å²) in [6.45, 7) is 0.333. The van der Waals surface area contributed by atoms with Crippen LogP contribution in [0, 0.1) is 5.41 Å². The van der Waals surface area contributed by atoms with Gasteiger partial charge in [-0.05, 0) is 24.3 Å². The molecule has 2 N–H and O–H groups in total. The van der Waals surface area contributed by atoms with Crippen LogP contribution in [0.15, 0.2) is 47.4 Å². The molecule has 3 rings (SSSR count). The maximum Gasteiger partial charge on any atom is 0.313 e. The number of aliphatic carboxylic acids is 1. The first-order valence-electron chi connectivity index (χ1n) is 7.73. The van der Waals surface area contributed by atoms with Crippen molar-refractivity contribution < 1.29 is 23.1 Å². The molecule has 1 unspecified atom stereocenters. The third-order valence-electron chi connectivity index (χ3n) is 4.42. The van der Waals surface area contributed by atoms with Crippen molar-refractivity contribution in [2.24, 2.45) is 5.41 Å². The van der Waals surface area contributed by atoms with E-state index in [4.69, 9.17) is 4.74 Å². The van der Waals surface area contributed by atoms with E-state index in [1.54, 1.807) is 18.2 Å². The van der Waals surface area contributed by atoms with E-state index in [0.717, 1.165) is 5.39 Å². The first kappa shape index (κ1) is 16.9. The quantitative estimate of drug-likeness (QED) is 0.861. The molecule has 6 nitrogen and oxygen atoms in total. The van der Waals surface area contributed by atoms with Crippen LogP contribution < -0.4 is 4.72 Å². The number of carbonyl (C=O) groups is 1. The molecular weight excluding hydrogens is 330 g/mol. The molecule has 1 atom stereocenters. The van der Waals surface area contributed by atoms with E-state index < -0.39 is 21.4 Å². The fraction of sp³-hybridized carbons (Fsp3) is 0.353. The van der Waals surface area contributed by atoms with E-state index in [1.165, 1.54) is 6.07 Å². The van der Waals surface area contributed by atoms with E-state index >= 15 is 0 Å². The molecule has 0 saturated carbocycles. The monoisotopic (exact) mass is 349 g/mol. The van der Waals surface area contributed by atoms with Gasteiger partial charge in [0.2, 0.25) is 10.0 Å². The van der Waals surface area contributed by atoms with Crippen LogP contribution in [0.5, 0.6) is 0 Å². The third kappa shape index (κ3) is 3.15.